The third-order valence-corrected chi connectivity index (χ3v) is 2.36. The van der Waals surface area contributed by atoms with Crippen molar-refractivity contribution in [1.29, 1.82) is 0 Å². The third-order valence-electron chi connectivity index (χ3n) is 1.52. The monoisotopic (exact) mass is 262 g/mol. The van der Waals surface area contributed by atoms with Gasteiger partial charge < -0.3 is 10.9 Å². The van der Waals surface area contributed by atoms with Gasteiger partial charge in [-0.1, -0.05) is 38.8 Å². The van der Waals surface area contributed by atoms with Gasteiger partial charge in [-0.3, -0.25) is 0 Å². The van der Waals surface area contributed by atoms with Crippen molar-refractivity contribution in [2.75, 3.05) is 0 Å². The maximum absolute atomic E-state index is 8.35. The van der Waals surface area contributed by atoms with Gasteiger partial charge in [0.15, 0.2) is 0 Å². The van der Waals surface area contributed by atoms with Crippen LogP contribution in [0.15, 0.2) is 27.8 Å². The van der Waals surface area contributed by atoms with E-state index in [9.17, 15) is 0 Å². The Morgan fingerprint density at radius 1 is 1.62 bits per heavy atom. The van der Waals surface area contributed by atoms with E-state index >= 15 is 0 Å². The normalized spacial score (nSPS) is 11.7. The molecule has 3 nitrogen and oxygen atoms in total. The molecule has 0 aliphatic heterocycles. The van der Waals surface area contributed by atoms with Crippen molar-refractivity contribution in [3.63, 3.8) is 0 Å². The average molecular weight is 264 g/mol. The van der Waals surface area contributed by atoms with Gasteiger partial charge in [-0.15, -0.1) is 0 Å². The first-order valence-electron chi connectivity index (χ1n) is 3.54. The van der Waals surface area contributed by atoms with Crippen molar-refractivity contribution in [3.05, 3.63) is 33.3 Å². The van der Waals surface area contributed by atoms with Gasteiger partial charge in [0.2, 0.25) is 0 Å². The van der Waals surface area contributed by atoms with Crippen LogP contribution in [0.5, 0.6) is 0 Å². The number of nitrogens with zero attached hydrogens (tertiary/aromatic N) is 1. The zero-order chi connectivity index (χ0) is 9.84. The summed E-state index contributed by atoms with van der Waals surface area (Å²) >= 11 is 9.19. The molecule has 0 radical (unpaired) electrons. The van der Waals surface area contributed by atoms with Crippen molar-refractivity contribution in [2.24, 2.45) is 10.9 Å². The highest BCUT2D eigenvalue weighted by molar-refractivity contribution is 9.10. The summed E-state index contributed by atoms with van der Waals surface area (Å²) < 4.78 is 0.903. The van der Waals surface area contributed by atoms with E-state index in [0.717, 1.165) is 10.0 Å². The van der Waals surface area contributed by atoms with Gasteiger partial charge in [0.1, 0.15) is 5.84 Å². The van der Waals surface area contributed by atoms with Crippen LogP contribution < -0.4 is 5.73 Å². The Morgan fingerprint density at radius 2 is 2.31 bits per heavy atom. The van der Waals surface area contributed by atoms with Gasteiger partial charge in [0.05, 0.1) is 0 Å². The van der Waals surface area contributed by atoms with Crippen LogP contribution >= 0.6 is 27.5 Å². The molecule has 70 valence electrons. The number of oxime groups is 1. The fourth-order valence-electron chi connectivity index (χ4n) is 0.896. The molecule has 0 fully saturated rings. The molecule has 0 atom stereocenters. The number of halogens is 2. The zero-order valence-corrected chi connectivity index (χ0v) is 9.01. The first-order valence-corrected chi connectivity index (χ1v) is 4.71. The average Bonchev–Trinajstić information content (AvgIpc) is 2.09. The lowest BCUT2D eigenvalue weighted by atomic mass is 10.1. The Labute approximate surface area is 89.3 Å². The fourth-order valence-corrected chi connectivity index (χ4v) is 1.64. The molecule has 13 heavy (non-hydrogen) atoms. The summed E-state index contributed by atoms with van der Waals surface area (Å²) in [5.41, 5.74) is 6.18. The van der Waals surface area contributed by atoms with Crippen LogP contribution in [0, 0.1) is 0 Å². The van der Waals surface area contributed by atoms with Crippen molar-refractivity contribution in [3.8, 4) is 0 Å². The van der Waals surface area contributed by atoms with E-state index < -0.39 is 0 Å². The summed E-state index contributed by atoms with van der Waals surface area (Å²) in [5.74, 6) is 0.143. The van der Waals surface area contributed by atoms with Gasteiger partial charge >= 0.3 is 0 Å². The molecule has 0 bridgehead atoms. The van der Waals surface area contributed by atoms with Gasteiger partial charge in [-0.05, 0) is 17.7 Å². The molecule has 0 saturated heterocycles. The molecule has 5 heteroatoms. The number of benzene rings is 1. The highest BCUT2D eigenvalue weighted by Crippen LogP contribution is 2.21. The highest BCUT2D eigenvalue weighted by atomic mass is 79.9. The quantitative estimate of drug-likeness (QED) is 0.372. The van der Waals surface area contributed by atoms with E-state index in [1.54, 1.807) is 6.07 Å². The van der Waals surface area contributed by atoms with Crippen molar-refractivity contribution >= 4 is 33.4 Å². The predicted octanol–water partition coefficient (Wildman–Crippen LogP) is 2.39. The Kier molecular flexibility index (Phi) is 3.57. The molecule has 0 spiro atoms. The highest BCUT2D eigenvalue weighted by Gasteiger charge is 2.03. The minimum Gasteiger partial charge on any atom is -0.409 e. The Bertz CT molecular complexity index is 341. The second-order valence-electron chi connectivity index (χ2n) is 2.50. The van der Waals surface area contributed by atoms with Crippen LogP contribution in [0.3, 0.4) is 0 Å². The smallest absolute Gasteiger partial charge is 0.143 e. The zero-order valence-electron chi connectivity index (χ0n) is 6.67. The lowest BCUT2D eigenvalue weighted by molar-refractivity contribution is 0.317. The van der Waals surface area contributed by atoms with Gasteiger partial charge in [-0.2, -0.15) is 0 Å². The van der Waals surface area contributed by atoms with Crippen LogP contribution in [0.4, 0.5) is 0 Å². The van der Waals surface area contributed by atoms with Gasteiger partial charge in [-0.25, -0.2) is 0 Å². The molecule has 0 unspecified atom stereocenters. The third kappa shape index (κ3) is 2.90. The summed E-state index contributed by atoms with van der Waals surface area (Å²) in [5, 5.41) is 11.8. The number of rotatable bonds is 2. The largest absolute Gasteiger partial charge is 0.409 e. The molecule has 1 rings (SSSR count). The molecule has 0 aliphatic carbocycles. The fraction of sp³-hybridized carbons (Fsp3) is 0.125. The number of hydrogen-bond donors (Lipinski definition) is 2. The second-order valence-corrected chi connectivity index (χ2v) is 3.83. The molecule has 0 saturated carbocycles. The second kappa shape index (κ2) is 4.48. The van der Waals surface area contributed by atoms with Crippen LogP contribution in [0.25, 0.3) is 0 Å². The maximum Gasteiger partial charge on any atom is 0.143 e. The number of nitrogens with two attached hydrogens (primary N) is 1. The van der Waals surface area contributed by atoms with Crippen LogP contribution in [-0.2, 0) is 6.42 Å². The SMILES string of the molecule is N/C(Cc1ccc(Br)cc1Cl)=N/O. The number of amidine groups is 1. The first-order chi connectivity index (χ1) is 6.13. The molecular weight excluding hydrogens is 255 g/mol. The molecule has 3 N–H and O–H groups in total. The summed E-state index contributed by atoms with van der Waals surface area (Å²) in [6, 6.07) is 5.44. The van der Waals surface area contributed by atoms with Crippen molar-refractivity contribution in [2.45, 2.75) is 6.42 Å². The molecule has 0 heterocycles. The van der Waals surface area contributed by atoms with Gasteiger partial charge in [0.25, 0.3) is 0 Å². The first kappa shape index (κ1) is 10.3. The predicted molar refractivity (Wildman–Crippen MR) is 56.3 cm³/mol. The van der Waals surface area contributed by atoms with E-state index in [0.29, 0.717) is 11.4 Å². The summed E-state index contributed by atoms with van der Waals surface area (Å²) in [6.07, 6.45) is 0.350. The Morgan fingerprint density at radius 3 is 2.85 bits per heavy atom. The summed E-state index contributed by atoms with van der Waals surface area (Å²) in [4.78, 5) is 0. The molecule has 1 aromatic rings. The molecule has 0 amide bonds. The maximum atomic E-state index is 8.35. The Hall–Kier alpha value is -0.740. The molecule has 1 aromatic carbocycles. The van der Waals surface area contributed by atoms with Crippen molar-refractivity contribution < 1.29 is 5.21 Å². The minimum atomic E-state index is 0.143. The van der Waals surface area contributed by atoms with E-state index in [2.05, 4.69) is 21.1 Å². The molecule has 0 aromatic heterocycles. The minimum absolute atomic E-state index is 0.143. The van der Waals surface area contributed by atoms with Crippen LogP contribution in [0.2, 0.25) is 5.02 Å². The molecule has 0 aliphatic rings. The van der Waals surface area contributed by atoms with Crippen LogP contribution in [-0.4, -0.2) is 11.0 Å². The summed E-state index contributed by atoms with van der Waals surface area (Å²) in [7, 11) is 0. The number of hydrogen-bond acceptors (Lipinski definition) is 2. The Balaban J connectivity index is 2.90. The lowest BCUT2D eigenvalue weighted by Crippen LogP contribution is -2.14. The van der Waals surface area contributed by atoms with Crippen LogP contribution in [0.1, 0.15) is 5.56 Å². The standard InChI is InChI=1S/C8H8BrClN2O/c9-6-2-1-5(7(10)4-6)3-8(11)12-13/h1-2,4,13H,3H2,(H2,11,12). The van der Waals surface area contributed by atoms with E-state index in [-0.39, 0.29) is 5.84 Å². The van der Waals surface area contributed by atoms with Gasteiger partial charge in [0, 0.05) is 15.9 Å². The lowest BCUT2D eigenvalue weighted by Gasteiger charge is -2.02. The summed E-state index contributed by atoms with van der Waals surface area (Å²) in [6.45, 7) is 0. The van der Waals surface area contributed by atoms with E-state index in [1.807, 2.05) is 12.1 Å². The van der Waals surface area contributed by atoms with E-state index in [4.69, 9.17) is 22.5 Å². The molecular formula is C8H8BrClN2O. The topological polar surface area (TPSA) is 58.6 Å². The van der Waals surface area contributed by atoms with E-state index in [1.165, 1.54) is 0 Å². The van der Waals surface area contributed by atoms with Crippen molar-refractivity contribution in [1.82, 2.24) is 0 Å².